The van der Waals surface area contributed by atoms with E-state index in [9.17, 15) is 9.59 Å². The number of hydrogen-bond acceptors (Lipinski definition) is 3. The molecule has 20 heavy (non-hydrogen) atoms. The number of nitrogens with one attached hydrogen (secondary N) is 1. The maximum Gasteiger partial charge on any atom is 0.307 e. The summed E-state index contributed by atoms with van der Waals surface area (Å²) in [6.45, 7) is 3.82. The van der Waals surface area contributed by atoms with Gasteiger partial charge >= 0.3 is 5.97 Å². The topological polar surface area (TPSA) is 55.4 Å². The second-order valence-corrected chi connectivity index (χ2v) is 4.90. The molecule has 0 aromatic heterocycles. The Hall–Kier alpha value is -1.81. The Bertz CT molecular complexity index is 498. The molecule has 0 radical (unpaired) electrons. The molecule has 1 amide bonds. The van der Waals surface area contributed by atoms with Crippen molar-refractivity contribution in [3.63, 3.8) is 0 Å². The summed E-state index contributed by atoms with van der Waals surface area (Å²) in [5.41, 5.74) is 0.840. The molecule has 0 aliphatic rings. The minimum Gasteiger partial charge on any atom is -0.463 e. The van der Waals surface area contributed by atoms with Crippen LogP contribution in [0.15, 0.2) is 30.3 Å². The predicted molar refractivity (Wildman–Crippen MR) is 79.3 cm³/mol. The van der Waals surface area contributed by atoms with Gasteiger partial charge in [0.15, 0.2) is 0 Å². The summed E-state index contributed by atoms with van der Waals surface area (Å²) in [5.74, 6) is -0.582. The quantitative estimate of drug-likeness (QED) is 0.648. The molecule has 4 nitrogen and oxygen atoms in total. The molecule has 5 heteroatoms. The second-order valence-electron chi connectivity index (χ2n) is 4.47. The number of rotatable bonds is 6. The van der Waals surface area contributed by atoms with Crippen molar-refractivity contribution in [2.45, 2.75) is 26.4 Å². The van der Waals surface area contributed by atoms with Crippen molar-refractivity contribution in [2.75, 3.05) is 6.54 Å². The van der Waals surface area contributed by atoms with Gasteiger partial charge in [-0.25, -0.2) is 0 Å². The zero-order valence-corrected chi connectivity index (χ0v) is 12.3. The monoisotopic (exact) mass is 295 g/mol. The summed E-state index contributed by atoms with van der Waals surface area (Å²) >= 11 is 5.83. The predicted octanol–water partition coefficient (Wildman–Crippen LogP) is 2.81. The van der Waals surface area contributed by atoms with Crippen LogP contribution in [0.4, 0.5) is 0 Å². The van der Waals surface area contributed by atoms with E-state index in [0.29, 0.717) is 5.02 Å². The molecule has 1 aromatic carbocycles. The van der Waals surface area contributed by atoms with Crippen molar-refractivity contribution < 1.29 is 14.3 Å². The lowest BCUT2D eigenvalue weighted by Gasteiger charge is -2.07. The maximum absolute atomic E-state index is 11.5. The van der Waals surface area contributed by atoms with Crippen LogP contribution >= 0.6 is 11.6 Å². The van der Waals surface area contributed by atoms with Gasteiger partial charge in [-0.1, -0.05) is 23.7 Å². The summed E-state index contributed by atoms with van der Waals surface area (Å²) in [4.78, 5) is 22.8. The molecule has 0 atom stereocenters. The normalized spacial score (nSPS) is 10.8. The summed E-state index contributed by atoms with van der Waals surface area (Å²) in [7, 11) is 0. The van der Waals surface area contributed by atoms with Crippen LogP contribution in [0.3, 0.4) is 0 Å². The van der Waals surface area contributed by atoms with E-state index in [0.717, 1.165) is 5.56 Å². The van der Waals surface area contributed by atoms with Crippen molar-refractivity contribution >= 4 is 29.6 Å². The van der Waals surface area contributed by atoms with E-state index < -0.39 is 0 Å². The smallest absolute Gasteiger partial charge is 0.307 e. The summed E-state index contributed by atoms with van der Waals surface area (Å²) < 4.78 is 4.95. The molecule has 0 fully saturated rings. The molecule has 0 aliphatic heterocycles. The highest BCUT2D eigenvalue weighted by atomic mass is 35.5. The first-order chi connectivity index (χ1) is 9.47. The largest absolute Gasteiger partial charge is 0.463 e. The fourth-order valence-corrected chi connectivity index (χ4v) is 1.65. The molecule has 1 rings (SSSR count). The van der Waals surface area contributed by atoms with Gasteiger partial charge in [-0.3, -0.25) is 9.59 Å². The SMILES string of the molecule is CC(C)OC(=O)CCNC(=O)/C=C/c1cccc(Cl)c1. The third kappa shape index (κ3) is 6.95. The summed E-state index contributed by atoms with van der Waals surface area (Å²) in [6, 6.07) is 7.17. The van der Waals surface area contributed by atoms with Crippen LogP contribution in [-0.2, 0) is 14.3 Å². The van der Waals surface area contributed by atoms with Gasteiger partial charge in [0, 0.05) is 17.6 Å². The first-order valence-electron chi connectivity index (χ1n) is 6.38. The zero-order chi connectivity index (χ0) is 15.0. The Balaban J connectivity index is 2.32. The maximum atomic E-state index is 11.5. The van der Waals surface area contributed by atoms with E-state index in [1.54, 1.807) is 32.1 Å². The van der Waals surface area contributed by atoms with E-state index in [1.165, 1.54) is 6.08 Å². The number of amides is 1. The molecular weight excluding hydrogens is 278 g/mol. The van der Waals surface area contributed by atoms with Crippen LogP contribution in [0.5, 0.6) is 0 Å². The van der Waals surface area contributed by atoms with Gasteiger partial charge in [0.2, 0.25) is 5.91 Å². The Kier molecular flexibility index (Phi) is 6.81. The Morgan fingerprint density at radius 3 is 2.80 bits per heavy atom. The second kappa shape index (κ2) is 8.38. The summed E-state index contributed by atoms with van der Waals surface area (Å²) in [5, 5.41) is 3.23. The minimum absolute atomic E-state index is 0.138. The average Bonchev–Trinajstić information content (AvgIpc) is 2.35. The van der Waals surface area contributed by atoms with E-state index >= 15 is 0 Å². The fraction of sp³-hybridized carbons (Fsp3) is 0.333. The molecule has 0 aliphatic carbocycles. The van der Waals surface area contributed by atoms with Crippen molar-refractivity contribution in [3.05, 3.63) is 40.9 Å². The molecule has 0 saturated heterocycles. The van der Waals surface area contributed by atoms with Gasteiger partial charge in [-0.05, 0) is 37.6 Å². The Labute approximate surface area is 123 Å². The number of ether oxygens (including phenoxy) is 1. The average molecular weight is 296 g/mol. The van der Waals surface area contributed by atoms with Gasteiger partial charge in [-0.2, -0.15) is 0 Å². The van der Waals surface area contributed by atoms with Crippen LogP contribution in [0.25, 0.3) is 6.08 Å². The Morgan fingerprint density at radius 1 is 1.40 bits per heavy atom. The van der Waals surface area contributed by atoms with E-state index in [1.807, 2.05) is 12.1 Å². The number of esters is 1. The van der Waals surface area contributed by atoms with Gasteiger partial charge < -0.3 is 10.1 Å². The van der Waals surface area contributed by atoms with Crippen LogP contribution in [0.1, 0.15) is 25.8 Å². The standard InChI is InChI=1S/C15H18ClNO3/c1-11(2)20-15(19)8-9-17-14(18)7-6-12-4-3-5-13(16)10-12/h3-7,10-11H,8-9H2,1-2H3,(H,17,18)/b7-6+. The van der Waals surface area contributed by atoms with Gasteiger partial charge in [-0.15, -0.1) is 0 Å². The fourth-order valence-electron chi connectivity index (χ4n) is 1.45. The van der Waals surface area contributed by atoms with Crippen LogP contribution in [-0.4, -0.2) is 24.5 Å². The highest BCUT2D eigenvalue weighted by molar-refractivity contribution is 6.30. The lowest BCUT2D eigenvalue weighted by molar-refractivity contribution is -0.147. The molecule has 0 heterocycles. The lowest BCUT2D eigenvalue weighted by Crippen LogP contribution is -2.25. The minimum atomic E-state index is -0.320. The number of halogens is 1. The molecule has 0 spiro atoms. The van der Waals surface area contributed by atoms with Gasteiger partial charge in [0.25, 0.3) is 0 Å². The molecular formula is C15H18ClNO3. The van der Waals surface area contributed by atoms with E-state index in [4.69, 9.17) is 16.3 Å². The highest BCUT2D eigenvalue weighted by Crippen LogP contribution is 2.11. The third-order valence-electron chi connectivity index (χ3n) is 2.27. The first-order valence-corrected chi connectivity index (χ1v) is 6.76. The van der Waals surface area contributed by atoms with E-state index in [2.05, 4.69) is 5.32 Å². The highest BCUT2D eigenvalue weighted by Gasteiger charge is 2.05. The number of hydrogen-bond donors (Lipinski definition) is 1. The van der Waals surface area contributed by atoms with Crippen LogP contribution in [0.2, 0.25) is 5.02 Å². The number of benzene rings is 1. The molecule has 0 bridgehead atoms. The molecule has 0 saturated carbocycles. The van der Waals surface area contributed by atoms with Crippen molar-refractivity contribution in [1.29, 1.82) is 0 Å². The number of carbonyl (C=O) groups excluding carboxylic acids is 2. The molecule has 1 N–H and O–H groups in total. The zero-order valence-electron chi connectivity index (χ0n) is 11.6. The molecule has 0 unspecified atom stereocenters. The summed E-state index contributed by atoms with van der Waals surface area (Å²) in [6.07, 6.45) is 3.09. The van der Waals surface area contributed by atoms with Crippen molar-refractivity contribution in [3.8, 4) is 0 Å². The first kappa shape index (κ1) is 16.2. The molecule has 1 aromatic rings. The number of carbonyl (C=O) groups is 2. The van der Waals surface area contributed by atoms with Crippen LogP contribution < -0.4 is 5.32 Å². The van der Waals surface area contributed by atoms with Crippen LogP contribution in [0, 0.1) is 0 Å². The molecule has 108 valence electrons. The van der Waals surface area contributed by atoms with Gasteiger partial charge in [0.05, 0.1) is 12.5 Å². The van der Waals surface area contributed by atoms with E-state index in [-0.39, 0.29) is 30.9 Å². The Morgan fingerprint density at radius 2 is 2.15 bits per heavy atom. The van der Waals surface area contributed by atoms with Crippen molar-refractivity contribution in [2.24, 2.45) is 0 Å². The lowest BCUT2D eigenvalue weighted by atomic mass is 10.2. The van der Waals surface area contributed by atoms with Gasteiger partial charge in [0.1, 0.15) is 0 Å². The third-order valence-corrected chi connectivity index (χ3v) is 2.51. The van der Waals surface area contributed by atoms with Crippen molar-refractivity contribution in [1.82, 2.24) is 5.32 Å².